The summed E-state index contributed by atoms with van der Waals surface area (Å²) in [6, 6.07) is 18.7. The van der Waals surface area contributed by atoms with Gasteiger partial charge in [-0.25, -0.2) is 0 Å². The highest BCUT2D eigenvalue weighted by atomic mass is 16.3. The molecule has 0 aliphatic carbocycles. The van der Waals surface area contributed by atoms with Crippen molar-refractivity contribution in [3.05, 3.63) is 65.6 Å². The lowest BCUT2D eigenvalue weighted by Crippen LogP contribution is -2.06. The lowest BCUT2D eigenvalue weighted by molar-refractivity contribution is 1.07. The molecule has 2 rings (SSSR count). The number of nitroso groups, excluding NO2 is 1. The van der Waals surface area contributed by atoms with Crippen LogP contribution in [0.5, 0.6) is 0 Å². The van der Waals surface area contributed by atoms with Crippen LogP contribution in [0, 0.1) is 4.91 Å². The second-order valence-electron chi connectivity index (χ2n) is 3.06. The highest BCUT2D eigenvalue weighted by Gasteiger charge is 2.07. The highest BCUT2D eigenvalue weighted by Crippen LogP contribution is 2.24. The zero-order valence-corrected chi connectivity index (χ0v) is 12.1. The second-order valence-corrected chi connectivity index (χ2v) is 3.06. The van der Waals surface area contributed by atoms with Crippen molar-refractivity contribution < 1.29 is 0 Å². The summed E-state index contributed by atoms with van der Waals surface area (Å²) in [5.41, 5.74) is 1.53. The minimum Gasteiger partial charge on any atom is -0.197 e. The Kier molecular flexibility index (Phi) is 9.71. The summed E-state index contributed by atoms with van der Waals surface area (Å²) in [5.74, 6) is 0. The number of benzene rings is 2. The van der Waals surface area contributed by atoms with Crippen molar-refractivity contribution in [2.45, 2.75) is 27.7 Å². The number of hydrogen-bond donors (Lipinski definition) is 0. The fourth-order valence-electron chi connectivity index (χ4n) is 1.38. The van der Waals surface area contributed by atoms with Crippen LogP contribution < -0.4 is 5.01 Å². The van der Waals surface area contributed by atoms with E-state index in [9.17, 15) is 4.91 Å². The van der Waals surface area contributed by atoms with Crippen LogP contribution in [0.1, 0.15) is 27.7 Å². The fourth-order valence-corrected chi connectivity index (χ4v) is 1.38. The van der Waals surface area contributed by atoms with Gasteiger partial charge in [0.25, 0.3) is 0 Å². The Hall–Kier alpha value is -2.16. The first-order valence-corrected chi connectivity index (χ1v) is 6.65. The standard InChI is InChI=1S/C12H10N2O.2C2H6/c15-13-14(11-7-3-1-4-8-11)12-9-5-2-6-10-12;2*1-2/h1-10H;2*1-2H3. The van der Waals surface area contributed by atoms with Gasteiger partial charge in [-0.1, -0.05) is 64.1 Å². The van der Waals surface area contributed by atoms with E-state index in [4.69, 9.17) is 0 Å². The van der Waals surface area contributed by atoms with Gasteiger partial charge in [0.1, 0.15) is 0 Å². The van der Waals surface area contributed by atoms with E-state index in [0.29, 0.717) is 0 Å². The molecule has 0 aliphatic rings. The lowest BCUT2D eigenvalue weighted by atomic mass is 10.2. The van der Waals surface area contributed by atoms with Crippen LogP contribution >= 0.6 is 0 Å². The van der Waals surface area contributed by atoms with E-state index in [2.05, 4.69) is 5.29 Å². The first-order valence-electron chi connectivity index (χ1n) is 6.65. The van der Waals surface area contributed by atoms with Gasteiger partial charge in [0.15, 0.2) is 0 Å². The molecule has 0 heterocycles. The average molecular weight is 258 g/mol. The van der Waals surface area contributed by atoms with Gasteiger partial charge in [0.05, 0.1) is 16.7 Å². The highest BCUT2D eigenvalue weighted by molar-refractivity contribution is 5.61. The summed E-state index contributed by atoms with van der Waals surface area (Å²) >= 11 is 0. The fraction of sp³-hybridized carbons (Fsp3) is 0.250. The van der Waals surface area contributed by atoms with E-state index >= 15 is 0 Å². The van der Waals surface area contributed by atoms with E-state index in [-0.39, 0.29) is 0 Å². The average Bonchev–Trinajstić information content (AvgIpc) is 2.54. The maximum absolute atomic E-state index is 10.8. The minimum absolute atomic E-state index is 0.763. The molecular formula is C16H22N2O. The van der Waals surface area contributed by atoms with Crippen LogP contribution in [0.3, 0.4) is 0 Å². The summed E-state index contributed by atoms with van der Waals surface area (Å²) in [6.45, 7) is 8.00. The Bertz CT molecular complexity index is 390. The Morgan fingerprint density at radius 1 is 0.684 bits per heavy atom. The molecule has 0 spiro atoms. The number of hydrogen-bond acceptors (Lipinski definition) is 2. The van der Waals surface area contributed by atoms with Gasteiger partial charge in [-0.3, -0.25) is 0 Å². The predicted molar refractivity (Wildman–Crippen MR) is 83.5 cm³/mol. The molecule has 2 aromatic carbocycles. The summed E-state index contributed by atoms with van der Waals surface area (Å²) in [4.78, 5) is 10.8. The van der Waals surface area contributed by atoms with Crippen LogP contribution in [0.25, 0.3) is 0 Å². The molecular weight excluding hydrogens is 236 g/mol. The Morgan fingerprint density at radius 2 is 1.00 bits per heavy atom. The third-order valence-electron chi connectivity index (χ3n) is 2.08. The van der Waals surface area contributed by atoms with Crippen LogP contribution in [0.15, 0.2) is 65.9 Å². The molecule has 102 valence electrons. The van der Waals surface area contributed by atoms with E-state index in [1.54, 1.807) is 0 Å². The van der Waals surface area contributed by atoms with Crippen molar-refractivity contribution in [1.29, 1.82) is 0 Å². The second kappa shape index (κ2) is 11.0. The van der Waals surface area contributed by atoms with Crippen molar-refractivity contribution >= 4 is 11.4 Å². The molecule has 3 heteroatoms. The third kappa shape index (κ3) is 5.34. The van der Waals surface area contributed by atoms with E-state index in [1.807, 2.05) is 88.4 Å². The van der Waals surface area contributed by atoms with E-state index in [0.717, 1.165) is 11.4 Å². The van der Waals surface area contributed by atoms with Crippen molar-refractivity contribution in [3.63, 3.8) is 0 Å². The van der Waals surface area contributed by atoms with Gasteiger partial charge in [0.2, 0.25) is 0 Å². The number of nitrogens with zero attached hydrogens (tertiary/aromatic N) is 2. The maximum atomic E-state index is 10.8. The van der Waals surface area contributed by atoms with Gasteiger partial charge in [-0.2, -0.15) is 5.01 Å². The largest absolute Gasteiger partial charge is 0.197 e. The molecule has 0 N–H and O–H groups in total. The van der Waals surface area contributed by atoms with Crippen molar-refractivity contribution in [3.8, 4) is 0 Å². The Labute approximate surface area is 115 Å². The minimum atomic E-state index is 0.763. The van der Waals surface area contributed by atoms with Crippen molar-refractivity contribution in [2.24, 2.45) is 5.29 Å². The molecule has 0 fully saturated rings. The Morgan fingerprint density at radius 3 is 1.26 bits per heavy atom. The predicted octanol–water partition coefficient (Wildman–Crippen LogP) is 5.56. The van der Waals surface area contributed by atoms with Gasteiger partial charge < -0.3 is 0 Å². The molecule has 0 aliphatic heterocycles. The Balaban J connectivity index is 0.000000741. The van der Waals surface area contributed by atoms with Gasteiger partial charge >= 0.3 is 0 Å². The van der Waals surface area contributed by atoms with E-state index in [1.165, 1.54) is 5.01 Å². The molecule has 0 radical (unpaired) electrons. The molecule has 0 saturated carbocycles. The van der Waals surface area contributed by atoms with Gasteiger partial charge in [-0.15, -0.1) is 4.91 Å². The molecule has 0 aromatic heterocycles. The molecule has 2 aromatic rings. The molecule has 0 amide bonds. The summed E-state index contributed by atoms with van der Waals surface area (Å²) in [7, 11) is 0. The quantitative estimate of drug-likeness (QED) is 0.533. The molecule has 0 bridgehead atoms. The van der Waals surface area contributed by atoms with Crippen molar-refractivity contribution in [2.75, 3.05) is 5.01 Å². The van der Waals surface area contributed by atoms with E-state index < -0.39 is 0 Å². The topological polar surface area (TPSA) is 32.7 Å². The molecule has 0 unspecified atom stereocenters. The number of anilines is 2. The van der Waals surface area contributed by atoms with Crippen LogP contribution in [0.4, 0.5) is 11.4 Å². The monoisotopic (exact) mass is 258 g/mol. The maximum Gasteiger partial charge on any atom is 0.0685 e. The van der Waals surface area contributed by atoms with Crippen LogP contribution in [0.2, 0.25) is 0 Å². The summed E-state index contributed by atoms with van der Waals surface area (Å²) in [6.07, 6.45) is 0. The summed E-state index contributed by atoms with van der Waals surface area (Å²) in [5, 5.41) is 4.37. The molecule has 0 saturated heterocycles. The first kappa shape index (κ1) is 16.8. The first-order chi connectivity index (χ1) is 9.42. The number of rotatable bonds is 3. The summed E-state index contributed by atoms with van der Waals surface area (Å²) < 4.78 is 0. The van der Waals surface area contributed by atoms with Crippen LogP contribution in [-0.2, 0) is 0 Å². The van der Waals surface area contributed by atoms with Crippen LogP contribution in [-0.4, -0.2) is 0 Å². The number of para-hydroxylation sites is 2. The smallest absolute Gasteiger partial charge is 0.0685 e. The molecule has 0 atom stereocenters. The SMILES string of the molecule is CC.CC.O=NN(c1ccccc1)c1ccccc1. The van der Waals surface area contributed by atoms with Gasteiger partial charge in [0, 0.05) is 0 Å². The zero-order chi connectivity index (χ0) is 14.5. The molecule has 19 heavy (non-hydrogen) atoms. The zero-order valence-electron chi connectivity index (χ0n) is 12.1. The third-order valence-corrected chi connectivity index (χ3v) is 2.08. The normalized spacial score (nSPS) is 8.21. The molecule has 3 nitrogen and oxygen atoms in total. The van der Waals surface area contributed by atoms with Gasteiger partial charge in [-0.05, 0) is 24.3 Å². The lowest BCUT2D eigenvalue weighted by Gasteiger charge is -2.14. The van der Waals surface area contributed by atoms with Crippen molar-refractivity contribution in [1.82, 2.24) is 0 Å².